The highest BCUT2D eigenvalue weighted by Gasteiger charge is 2.21. The topological polar surface area (TPSA) is 125 Å². The van der Waals surface area contributed by atoms with E-state index in [-0.39, 0.29) is 5.56 Å². The standard InChI is InChI=1S/C18H22N4O2.C15H11NO2/c19-15-5-6-17(20-11-15)22-8-2-7-21(9-10-22)12-14-3-1-4-16-18(14)24-13-23-16;1-10-2-5-13(15(17)18)8-14(10)12-6-3-11(9-16)4-7-12/h1,3-6,11H,2,7-10,12-13,19H2;2-8H,1H3,(H,17,18). The Hall–Kier alpha value is -5.07. The Balaban J connectivity index is 0.000000176. The third-order valence-electron chi connectivity index (χ3n) is 7.36. The first-order chi connectivity index (χ1) is 20.4. The van der Waals surface area contributed by atoms with Crippen molar-refractivity contribution in [2.75, 3.05) is 43.6 Å². The van der Waals surface area contributed by atoms with Crippen molar-refractivity contribution < 1.29 is 19.4 Å². The molecule has 9 nitrogen and oxygen atoms in total. The van der Waals surface area contributed by atoms with E-state index in [4.69, 9.17) is 25.6 Å². The zero-order valence-electron chi connectivity index (χ0n) is 23.5. The van der Waals surface area contributed by atoms with Crippen LogP contribution in [-0.2, 0) is 6.54 Å². The van der Waals surface area contributed by atoms with Gasteiger partial charge in [-0.1, -0.05) is 30.3 Å². The summed E-state index contributed by atoms with van der Waals surface area (Å²) in [6.07, 6.45) is 2.83. The summed E-state index contributed by atoms with van der Waals surface area (Å²) in [4.78, 5) is 20.2. The van der Waals surface area contributed by atoms with Crippen LogP contribution in [0.25, 0.3) is 11.1 Å². The minimum atomic E-state index is -0.940. The predicted molar refractivity (Wildman–Crippen MR) is 162 cm³/mol. The lowest BCUT2D eigenvalue weighted by molar-refractivity contribution is 0.0697. The second-order valence-corrected chi connectivity index (χ2v) is 10.2. The zero-order valence-corrected chi connectivity index (χ0v) is 23.5. The van der Waals surface area contributed by atoms with Gasteiger partial charge < -0.3 is 25.2 Å². The Morgan fingerprint density at radius 3 is 2.60 bits per heavy atom. The summed E-state index contributed by atoms with van der Waals surface area (Å²) in [5, 5.41) is 17.7. The van der Waals surface area contributed by atoms with Gasteiger partial charge in [-0.25, -0.2) is 9.78 Å². The molecular weight excluding hydrogens is 530 g/mol. The fraction of sp³-hybridized carbons (Fsp3) is 0.242. The van der Waals surface area contributed by atoms with Gasteiger partial charge in [-0.05, 0) is 72.5 Å². The molecule has 3 N–H and O–H groups in total. The van der Waals surface area contributed by atoms with Crippen molar-refractivity contribution in [3.63, 3.8) is 0 Å². The van der Waals surface area contributed by atoms with E-state index in [1.54, 1.807) is 36.5 Å². The van der Waals surface area contributed by atoms with Crippen molar-refractivity contribution in [2.45, 2.75) is 19.9 Å². The van der Waals surface area contributed by atoms with E-state index in [0.29, 0.717) is 18.0 Å². The molecule has 0 saturated carbocycles. The van der Waals surface area contributed by atoms with Crippen LogP contribution < -0.4 is 20.1 Å². The molecule has 42 heavy (non-hydrogen) atoms. The molecule has 6 rings (SSSR count). The summed E-state index contributed by atoms with van der Waals surface area (Å²) in [6, 6.07) is 24.2. The molecule has 0 radical (unpaired) electrons. The molecule has 2 aliphatic heterocycles. The summed E-state index contributed by atoms with van der Waals surface area (Å²) in [5.74, 6) is 1.82. The van der Waals surface area contributed by atoms with Gasteiger partial charge in [-0.3, -0.25) is 4.90 Å². The minimum Gasteiger partial charge on any atom is -0.478 e. The molecule has 1 saturated heterocycles. The highest BCUT2D eigenvalue weighted by Crippen LogP contribution is 2.36. The fourth-order valence-electron chi connectivity index (χ4n) is 5.09. The molecule has 0 atom stereocenters. The van der Waals surface area contributed by atoms with Crippen LogP contribution in [0, 0.1) is 18.3 Å². The number of para-hydroxylation sites is 1. The fourth-order valence-corrected chi connectivity index (χ4v) is 5.09. The van der Waals surface area contributed by atoms with E-state index in [1.165, 1.54) is 5.56 Å². The molecule has 3 aromatic carbocycles. The molecule has 0 spiro atoms. The number of hydrogen-bond donors (Lipinski definition) is 2. The van der Waals surface area contributed by atoms with Gasteiger partial charge in [-0.15, -0.1) is 0 Å². The van der Waals surface area contributed by atoms with Crippen molar-refractivity contribution >= 4 is 17.5 Å². The first kappa shape index (κ1) is 28.5. The Morgan fingerprint density at radius 2 is 1.86 bits per heavy atom. The predicted octanol–water partition coefficient (Wildman–Crippen LogP) is 5.34. The van der Waals surface area contributed by atoms with Crippen LogP contribution in [0.3, 0.4) is 0 Å². The molecule has 4 aromatic rings. The average Bonchev–Trinajstić information content (AvgIpc) is 3.38. The number of rotatable bonds is 5. The molecule has 2 aliphatic rings. The molecule has 1 aromatic heterocycles. The van der Waals surface area contributed by atoms with Gasteiger partial charge in [-0.2, -0.15) is 5.26 Å². The van der Waals surface area contributed by atoms with Crippen molar-refractivity contribution in [3.05, 3.63) is 101 Å². The lowest BCUT2D eigenvalue weighted by Gasteiger charge is -2.23. The lowest BCUT2D eigenvalue weighted by atomic mass is 9.97. The summed E-state index contributed by atoms with van der Waals surface area (Å²) in [5.41, 5.74) is 11.3. The maximum atomic E-state index is 11.0. The number of pyridine rings is 1. The SMILES string of the molecule is Cc1ccc(C(=O)O)cc1-c1ccc(C#N)cc1.Nc1ccc(N2CCCN(Cc3cccc4c3OCO4)CC2)nc1. The van der Waals surface area contributed by atoms with Crippen LogP contribution in [0.15, 0.2) is 79.0 Å². The minimum absolute atomic E-state index is 0.264. The number of hydrogen-bond acceptors (Lipinski definition) is 8. The summed E-state index contributed by atoms with van der Waals surface area (Å²) in [7, 11) is 0. The van der Waals surface area contributed by atoms with Crippen LogP contribution in [0.2, 0.25) is 0 Å². The van der Waals surface area contributed by atoms with E-state index in [0.717, 1.165) is 73.2 Å². The third kappa shape index (κ3) is 6.79. The third-order valence-corrected chi connectivity index (χ3v) is 7.36. The largest absolute Gasteiger partial charge is 0.478 e. The maximum absolute atomic E-state index is 11.0. The number of aromatic carboxylic acids is 1. The molecule has 0 amide bonds. The molecular formula is C33H33N5O4. The zero-order chi connectivity index (χ0) is 29.5. The van der Waals surface area contributed by atoms with Crippen LogP contribution in [-0.4, -0.2) is 53.9 Å². The number of carboxylic acid groups (broad SMARTS) is 1. The van der Waals surface area contributed by atoms with Crippen LogP contribution in [0.4, 0.5) is 11.5 Å². The first-order valence-corrected chi connectivity index (χ1v) is 13.8. The smallest absolute Gasteiger partial charge is 0.335 e. The quantitative estimate of drug-likeness (QED) is 0.331. The van der Waals surface area contributed by atoms with Crippen molar-refractivity contribution in [2.24, 2.45) is 0 Å². The molecule has 0 aliphatic carbocycles. The normalized spacial score (nSPS) is 14.3. The first-order valence-electron chi connectivity index (χ1n) is 13.8. The highest BCUT2D eigenvalue weighted by atomic mass is 16.7. The average molecular weight is 564 g/mol. The van der Waals surface area contributed by atoms with Gasteiger partial charge in [0.05, 0.1) is 29.1 Å². The van der Waals surface area contributed by atoms with E-state index in [1.807, 2.05) is 43.3 Å². The number of anilines is 2. The monoisotopic (exact) mass is 563 g/mol. The highest BCUT2D eigenvalue weighted by molar-refractivity contribution is 5.90. The van der Waals surface area contributed by atoms with Gasteiger partial charge in [0.1, 0.15) is 5.82 Å². The number of benzene rings is 3. The van der Waals surface area contributed by atoms with Gasteiger partial charge >= 0.3 is 5.97 Å². The summed E-state index contributed by atoms with van der Waals surface area (Å²) in [6.45, 7) is 7.17. The van der Waals surface area contributed by atoms with Crippen LogP contribution >= 0.6 is 0 Å². The summed E-state index contributed by atoms with van der Waals surface area (Å²) < 4.78 is 11.1. The molecule has 214 valence electrons. The van der Waals surface area contributed by atoms with Crippen molar-refractivity contribution in [1.82, 2.24) is 9.88 Å². The Bertz CT molecular complexity index is 1580. The van der Waals surface area contributed by atoms with E-state index in [9.17, 15) is 4.79 Å². The van der Waals surface area contributed by atoms with Gasteiger partial charge in [0.15, 0.2) is 11.5 Å². The van der Waals surface area contributed by atoms with E-state index in [2.05, 4.69) is 26.9 Å². The number of nitrogens with two attached hydrogens (primary N) is 1. The van der Waals surface area contributed by atoms with Gasteiger partial charge in [0.25, 0.3) is 0 Å². The van der Waals surface area contributed by atoms with Crippen LogP contribution in [0.5, 0.6) is 11.5 Å². The number of nitrogens with zero attached hydrogens (tertiary/aromatic N) is 4. The maximum Gasteiger partial charge on any atom is 0.335 e. The second kappa shape index (κ2) is 13.1. The molecule has 9 heteroatoms. The Morgan fingerprint density at radius 1 is 1.02 bits per heavy atom. The molecule has 1 fully saturated rings. The number of carboxylic acids is 1. The van der Waals surface area contributed by atoms with Crippen molar-refractivity contribution in [3.8, 4) is 28.7 Å². The number of nitriles is 1. The molecule has 0 unspecified atom stereocenters. The Kier molecular flexibility index (Phi) is 8.85. The van der Waals surface area contributed by atoms with E-state index < -0.39 is 5.97 Å². The summed E-state index contributed by atoms with van der Waals surface area (Å²) >= 11 is 0. The van der Waals surface area contributed by atoms with Gasteiger partial charge in [0, 0.05) is 38.3 Å². The van der Waals surface area contributed by atoms with Crippen molar-refractivity contribution in [1.29, 1.82) is 5.26 Å². The Labute approximate surface area is 245 Å². The van der Waals surface area contributed by atoms with Crippen LogP contribution in [0.1, 0.15) is 33.5 Å². The number of carbonyl (C=O) groups is 1. The molecule has 0 bridgehead atoms. The van der Waals surface area contributed by atoms with E-state index >= 15 is 0 Å². The number of nitrogen functional groups attached to an aromatic ring is 1. The van der Waals surface area contributed by atoms with Gasteiger partial charge in [0.2, 0.25) is 6.79 Å². The number of aromatic nitrogens is 1. The number of ether oxygens (including phenoxy) is 2. The second-order valence-electron chi connectivity index (χ2n) is 10.2. The number of aryl methyl sites for hydroxylation is 1. The lowest BCUT2D eigenvalue weighted by Crippen LogP contribution is -2.31. The molecule has 3 heterocycles. The number of fused-ring (bicyclic) bond motifs is 1.